The molecule has 3 unspecified atom stereocenters. The van der Waals surface area contributed by atoms with Gasteiger partial charge in [0.2, 0.25) is 0 Å². The molecule has 1 N–H and O–H groups in total. The molecule has 2 rings (SSSR count). The van der Waals surface area contributed by atoms with E-state index in [0.717, 1.165) is 5.92 Å². The Morgan fingerprint density at radius 3 is 3.00 bits per heavy atom. The van der Waals surface area contributed by atoms with Crippen molar-refractivity contribution in [3.8, 4) is 0 Å². The van der Waals surface area contributed by atoms with Gasteiger partial charge in [0.15, 0.2) is 0 Å². The highest BCUT2D eigenvalue weighted by molar-refractivity contribution is 7.10. The Kier molecular flexibility index (Phi) is 4.00. The van der Waals surface area contributed by atoms with Gasteiger partial charge in [0.25, 0.3) is 0 Å². The van der Waals surface area contributed by atoms with Crippen molar-refractivity contribution in [2.45, 2.75) is 32.4 Å². The molecule has 1 aliphatic rings. The van der Waals surface area contributed by atoms with E-state index in [1.54, 1.807) is 0 Å². The summed E-state index contributed by atoms with van der Waals surface area (Å²) in [5.74, 6) is 0.751. The van der Waals surface area contributed by atoms with Crippen molar-refractivity contribution in [2.24, 2.45) is 5.92 Å². The summed E-state index contributed by atoms with van der Waals surface area (Å²) in [5.41, 5.74) is 0. The van der Waals surface area contributed by atoms with Gasteiger partial charge in [0.1, 0.15) is 0 Å². The van der Waals surface area contributed by atoms with Crippen LogP contribution in [0.15, 0.2) is 17.5 Å². The molecular formula is C13H22N2S. The van der Waals surface area contributed by atoms with Gasteiger partial charge in [0, 0.05) is 23.5 Å². The molecule has 0 aliphatic carbocycles. The Morgan fingerprint density at radius 1 is 1.56 bits per heavy atom. The summed E-state index contributed by atoms with van der Waals surface area (Å²) in [6.07, 6.45) is 1.27. The van der Waals surface area contributed by atoms with Crippen LogP contribution in [0.1, 0.15) is 31.2 Å². The molecule has 16 heavy (non-hydrogen) atoms. The van der Waals surface area contributed by atoms with Gasteiger partial charge in [-0.2, -0.15) is 0 Å². The Bertz CT molecular complexity index is 310. The van der Waals surface area contributed by atoms with Gasteiger partial charge in [-0.1, -0.05) is 13.0 Å². The summed E-state index contributed by atoms with van der Waals surface area (Å²) in [5, 5.41) is 5.93. The Hall–Kier alpha value is -0.380. The van der Waals surface area contributed by atoms with Crippen LogP contribution in [0, 0.1) is 5.92 Å². The van der Waals surface area contributed by atoms with Gasteiger partial charge in [-0.3, -0.25) is 0 Å². The fourth-order valence-corrected chi connectivity index (χ4v) is 3.29. The standard InChI is InChI=1S/C13H22N2S/c1-10-9-15(3)7-6-12(10)14-11(2)13-5-4-8-16-13/h4-5,8,10-12,14H,6-7,9H2,1-3H3. The summed E-state index contributed by atoms with van der Waals surface area (Å²) < 4.78 is 0. The number of thiophene rings is 1. The summed E-state index contributed by atoms with van der Waals surface area (Å²) >= 11 is 1.85. The first-order chi connectivity index (χ1) is 7.66. The normalized spacial score (nSPS) is 29.2. The van der Waals surface area contributed by atoms with Gasteiger partial charge in [-0.15, -0.1) is 11.3 Å². The minimum Gasteiger partial charge on any atom is -0.306 e. The summed E-state index contributed by atoms with van der Waals surface area (Å²) in [6, 6.07) is 5.53. The molecular weight excluding hydrogens is 216 g/mol. The molecule has 1 fully saturated rings. The zero-order valence-electron chi connectivity index (χ0n) is 10.4. The van der Waals surface area contributed by atoms with Crippen LogP contribution < -0.4 is 5.32 Å². The monoisotopic (exact) mass is 238 g/mol. The van der Waals surface area contributed by atoms with E-state index in [-0.39, 0.29) is 0 Å². The second-order valence-corrected chi connectivity index (χ2v) is 6.02. The number of nitrogens with zero attached hydrogens (tertiary/aromatic N) is 1. The molecule has 0 spiro atoms. The number of hydrogen-bond donors (Lipinski definition) is 1. The summed E-state index contributed by atoms with van der Waals surface area (Å²) in [4.78, 5) is 3.88. The summed E-state index contributed by atoms with van der Waals surface area (Å²) in [6.45, 7) is 7.07. The first-order valence-electron chi connectivity index (χ1n) is 6.15. The second kappa shape index (κ2) is 5.30. The lowest BCUT2D eigenvalue weighted by atomic mass is 9.93. The molecule has 1 aromatic heterocycles. The molecule has 0 amide bonds. The predicted octanol–water partition coefficient (Wildman–Crippen LogP) is 2.74. The minimum atomic E-state index is 0.496. The number of hydrogen-bond acceptors (Lipinski definition) is 3. The van der Waals surface area contributed by atoms with Crippen LogP contribution in [-0.2, 0) is 0 Å². The van der Waals surface area contributed by atoms with Crippen molar-refractivity contribution in [1.82, 2.24) is 10.2 Å². The average molecular weight is 238 g/mol. The minimum absolute atomic E-state index is 0.496. The molecule has 2 heterocycles. The first-order valence-corrected chi connectivity index (χ1v) is 7.03. The van der Waals surface area contributed by atoms with Crippen LogP contribution in [0.4, 0.5) is 0 Å². The number of piperidine rings is 1. The maximum atomic E-state index is 3.78. The van der Waals surface area contributed by atoms with Gasteiger partial charge in [0.05, 0.1) is 0 Å². The van der Waals surface area contributed by atoms with Gasteiger partial charge in [-0.05, 0) is 44.3 Å². The van der Waals surface area contributed by atoms with Gasteiger partial charge in [-0.25, -0.2) is 0 Å². The molecule has 3 atom stereocenters. The SMILES string of the molecule is CC(NC1CCN(C)CC1C)c1cccs1. The zero-order valence-corrected chi connectivity index (χ0v) is 11.3. The van der Waals surface area contributed by atoms with Crippen molar-refractivity contribution >= 4 is 11.3 Å². The van der Waals surface area contributed by atoms with Crippen LogP contribution in [0.3, 0.4) is 0 Å². The van der Waals surface area contributed by atoms with Crippen LogP contribution >= 0.6 is 11.3 Å². The van der Waals surface area contributed by atoms with E-state index in [4.69, 9.17) is 0 Å². The lowest BCUT2D eigenvalue weighted by Gasteiger charge is -2.36. The lowest BCUT2D eigenvalue weighted by Crippen LogP contribution is -2.47. The van der Waals surface area contributed by atoms with Crippen LogP contribution in [0.5, 0.6) is 0 Å². The van der Waals surface area contributed by atoms with Gasteiger partial charge >= 0.3 is 0 Å². The smallest absolute Gasteiger partial charge is 0.0388 e. The summed E-state index contributed by atoms with van der Waals surface area (Å²) in [7, 11) is 2.22. The molecule has 0 aromatic carbocycles. The third-order valence-electron chi connectivity index (χ3n) is 3.54. The maximum absolute atomic E-state index is 3.78. The second-order valence-electron chi connectivity index (χ2n) is 5.04. The van der Waals surface area contributed by atoms with Crippen molar-refractivity contribution < 1.29 is 0 Å². The number of nitrogens with one attached hydrogen (secondary N) is 1. The highest BCUT2D eigenvalue weighted by atomic mass is 32.1. The Labute approximate surface area is 103 Å². The Balaban J connectivity index is 1.89. The van der Waals surface area contributed by atoms with E-state index in [0.29, 0.717) is 12.1 Å². The lowest BCUT2D eigenvalue weighted by molar-refractivity contribution is 0.168. The molecule has 2 nitrogen and oxygen atoms in total. The molecule has 0 saturated carbocycles. The van der Waals surface area contributed by atoms with Crippen LogP contribution in [0.25, 0.3) is 0 Å². The molecule has 1 aliphatic heterocycles. The van der Waals surface area contributed by atoms with E-state index in [1.165, 1.54) is 24.4 Å². The van der Waals surface area contributed by atoms with E-state index < -0.39 is 0 Å². The first kappa shape index (κ1) is 12.1. The molecule has 1 aromatic rings. The third-order valence-corrected chi connectivity index (χ3v) is 4.60. The molecule has 90 valence electrons. The molecule has 0 radical (unpaired) electrons. The molecule has 1 saturated heterocycles. The van der Waals surface area contributed by atoms with Crippen molar-refractivity contribution in [3.63, 3.8) is 0 Å². The third kappa shape index (κ3) is 2.84. The predicted molar refractivity (Wildman–Crippen MR) is 70.9 cm³/mol. The van der Waals surface area contributed by atoms with Crippen molar-refractivity contribution in [2.75, 3.05) is 20.1 Å². The fraction of sp³-hybridized carbons (Fsp3) is 0.692. The molecule has 0 bridgehead atoms. The van der Waals surface area contributed by atoms with E-state index in [1.807, 2.05) is 11.3 Å². The van der Waals surface area contributed by atoms with Crippen LogP contribution in [0.2, 0.25) is 0 Å². The van der Waals surface area contributed by atoms with E-state index >= 15 is 0 Å². The van der Waals surface area contributed by atoms with Crippen molar-refractivity contribution in [3.05, 3.63) is 22.4 Å². The largest absolute Gasteiger partial charge is 0.306 e. The van der Waals surface area contributed by atoms with Gasteiger partial charge < -0.3 is 10.2 Å². The number of likely N-dealkylation sites (tertiary alicyclic amines) is 1. The Morgan fingerprint density at radius 2 is 2.38 bits per heavy atom. The average Bonchev–Trinajstić information content (AvgIpc) is 2.75. The van der Waals surface area contributed by atoms with E-state index in [9.17, 15) is 0 Å². The zero-order chi connectivity index (χ0) is 11.5. The van der Waals surface area contributed by atoms with Crippen molar-refractivity contribution in [1.29, 1.82) is 0 Å². The fourth-order valence-electron chi connectivity index (χ4n) is 2.54. The quantitative estimate of drug-likeness (QED) is 0.871. The maximum Gasteiger partial charge on any atom is 0.0388 e. The molecule has 3 heteroatoms. The highest BCUT2D eigenvalue weighted by Gasteiger charge is 2.25. The number of rotatable bonds is 3. The topological polar surface area (TPSA) is 15.3 Å². The van der Waals surface area contributed by atoms with E-state index in [2.05, 4.69) is 48.6 Å². The highest BCUT2D eigenvalue weighted by Crippen LogP contribution is 2.22. The van der Waals surface area contributed by atoms with Crippen LogP contribution in [-0.4, -0.2) is 31.1 Å².